The van der Waals surface area contributed by atoms with Crippen molar-refractivity contribution < 1.29 is 4.42 Å². The zero-order valence-electron chi connectivity index (χ0n) is 14.8. The summed E-state index contributed by atoms with van der Waals surface area (Å²) in [6.07, 6.45) is 5.78. The molecule has 4 aromatic rings. The second-order valence-electron chi connectivity index (χ2n) is 6.30. The van der Waals surface area contributed by atoms with Crippen molar-refractivity contribution >= 4 is 17.0 Å². The van der Waals surface area contributed by atoms with Gasteiger partial charge in [-0.05, 0) is 29.7 Å². The van der Waals surface area contributed by atoms with Gasteiger partial charge in [-0.3, -0.25) is 0 Å². The lowest BCUT2D eigenvalue weighted by Gasteiger charge is -2.07. The molecule has 0 saturated heterocycles. The second-order valence-corrected chi connectivity index (χ2v) is 6.30. The van der Waals surface area contributed by atoms with Crippen molar-refractivity contribution in [1.82, 2.24) is 0 Å². The first-order chi connectivity index (χ1) is 12.8. The molecule has 0 aliphatic heterocycles. The molecule has 0 unspecified atom stereocenters. The highest BCUT2D eigenvalue weighted by Gasteiger charge is 2.13. The molecule has 4 rings (SSSR count). The predicted molar refractivity (Wildman–Crippen MR) is 111 cm³/mol. The van der Waals surface area contributed by atoms with E-state index in [2.05, 4.69) is 79.4 Å². The van der Waals surface area contributed by atoms with E-state index in [9.17, 15) is 0 Å². The minimum atomic E-state index is 0.921. The topological polar surface area (TPSA) is 13.1 Å². The van der Waals surface area contributed by atoms with Crippen molar-refractivity contribution in [2.45, 2.75) is 6.92 Å². The second kappa shape index (κ2) is 6.89. The van der Waals surface area contributed by atoms with E-state index in [4.69, 9.17) is 4.42 Å². The summed E-state index contributed by atoms with van der Waals surface area (Å²) >= 11 is 0. The molecule has 1 heterocycles. The molecule has 0 aliphatic carbocycles. The minimum absolute atomic E-state index is 0.921. The van der Waals surface area contributed by atoms with Crippen LogP contribution in [0, 0.1) is 6.92 Å². The molecule has 126 valence electrons. The van der Waals surface area contributed by atoms with Gasteiger partial charge in [0, 0.05) is 16.5 Å². The number of hydrogen-bond acceptors (Lipinski definition) is 1. The van der Waals surface area contributed by atoms with Crippen LogP contribution < -0.4 is 0 Å². The van der Waals surface area contributed by atoms with Gasteiger partial charge < -0.3 is 4.42 Å². The van der Waals surface area contributed by atoms with Crippen molar-refractivity contribution in [1.29, 1.82) is 0 Å². The first kappa shape index (κ1) is 16.2. The molecule has 0 spiro atoms. The zero-order chi connectivity index (χ0) is 17.9. The van der Waals surface area contributed by atoms with Gasteiger partial charge in [0.15, 0.2) is 0 Å². The Balaban J connectivity index is 1.88. The Morgan fingerprint density at radius 2 is 1.54 bits per heavy atom. The van der Waals surface area contributed by atoms with Gasteiger partial charge in [0.05, 0.1) is 0 Å². The van der Waals surface area contributed by atoms with Crippen LogP contribution in [0.2, 0.25) is 0 Å². The molecule has 26 heavy (non-hydrogen) atoms. The summed E-state index contributed by atoms with van der Waals surface area (Å²) in [5.74, 6) is 0.921. The molecular formula is C25H20O. The molecule has 1 nitrogen and oxygen atoms in total. The number of rotatable bonds is 4. The molecule has 0 fully saturated rings. The van der Waals surface area contributed by atoms with Crippen molar-refractivity contribution in [3.8, 4) is 22.3 Å². The maximum atomic E-state index is 6.14. The first-order valence-electron chi connectivity index (χ1n) is 8.75. The lowest BCUT2D eigenvalue weighted by atomic mass is 9.97. The highest BCUT2D eigenvalue weighted by atomic mass is 16.3. The normalized spacial score (nSPS) is 11.3. The molecule has 3 aromatic carbocycles. The Morgan fingerprint density at radius 3 is 2.35 bits per heavy atom. The lowest BCUT2D eigenvalue weighted by molar-refractivity contribution is 0.578. The van der Waals surface area contributed by atoms with Crippen LogP contribution in [-0.2, 0) is 0 Å². The van der Waals surface area contributed by atoms with Gasteiger partial charge in [-0.15, -0.1) is 0 Å². The monoisotopic (exact) mass is 336 g/mol. The SMILES string of the molecule is C=C/C=C\c1c(C)oc2c(-c3cccc(-c4ccccc4)c3)cccc12. The number of benzene rings is 3. The quantitative estimate of drug-likeness (QED) is 0.357. The van der Waals surface area contributed by atoms with Crippen molar-refractivity contribution in [2.75, 3.05) is 0 Å². The number of furan rings is 1. The number of fused-ring (bicyclic) bond motifs is 1. The number of para-hydroxylation sites is 1. The third-order valence-corrected chi connectivity index (χ3v) is 4.62. The fraction of sp³-hybridized carbons (Fsp3) is 0.0400. The summed E-state index contributed by atoms with van der Waals surface area (Å²) < 4.78 is 6.14. The Morgan fingerprint density at radius 1 is 0.808 bits per heavy atom. The van der Waals surface area contributed by atoms with Gasteiger partial charge in [0.25, 0.3) is 0 Å². The molecule has 0 atom stereocenters. The van der Waals surface area contributed by atoms with E-state index in [0.717, 1.165) is 33.4 Å². The maximum absolute atomic E-state index is 6.14. The van der Waals surface area contributed by atoms with Crippen LogP contribution in [0.25, 0.3) is 39.3 Å². The van der Waals surface area contributed by atoms with Crippen LogP contribution in [0.5, 0.6) is 0 Å². The van der Waals surface area contributed by atoms with Gasteiger partial charge in [-0.2, -0.15) is 0 Å². The summed E-state index contributed by atoms with van der Waals surface area (Å²) in [6, 6.07) is 25.4. The Bertz CT molecular complexity index is 1100. The maximum Gasteiger partial charge on any atom is 0.142 e. The van der Waals surface area contributed by atoms with Crippen molar-refractivity contribution in [3.05, 3.63) is 103 Å². The lowest BCUT2D eigenvalue weighted by Crippen LogP contribution is -1.82. The summed E-state index contributed by atoms with van der Waals surface area (Å²) in [7, 11) is 0. The van der Waals surface area contributed by atoms with Gasteiger partial charge in [0.1, 0.15) is 11.3 Å². The van der Waals surface area contributed by atoms with Crippen LogP contribution in [0.1, 0.15) is 11.3 Å². The molecule has 0 N–H and O–H groups in total. The fourth-order valence-corrected chi connectivity index (χ4v) is 3.35. The standard InChI is InChI=1S/C25H20O/c1-3-4-14-22-18(2)26-25-23(15-9-16-24(22)25)21-13-8-12-20(17-21)19-10-6-5-7-11-19/h3-17H,1H2,2H3/b14-4-. The zero-order valence-corrected chi connectivity index (χ0v) is 14.8. The van der Waals surface area contributed by atoms with Crippen LogP contribution in [0.15, 0.2) is 95.9 Å². The van der Waals surface area contributed by atoms with Crippen LogP contribution in [-0.4, -0.2) is 0 Å². The highest BCUT2D eigenvalue weighted by Crippen LogP contribution is 2.36. The van der Waals surface area contributed by atoms with E-state index in [1.165, 1.54) is 11.1 Å². The molecule has 0 saturated carbocycles. The van der Waals surface area contributed by atoms with Gasteiger partial charge in [0.2, 0.25) is 0 Å². The first-order valence-corrected chi connectivity index (χ1v) is 8.75. The van der Waals surface area contributed by atoms with Gasteiger partial charge >= 0.3 is 0 Å². The molecule has 1 heteroatoms. The highest BCUT2D eigenvalue weighted by molar-refractivity contribution is 5.98. The van der Waals surface area contributed by atoms with E-state index >= 15 is 0 Å². The third-order valence-electron chi connectivity index (χ3n) is 4.62. The number of aryl methyl sites for hydroxylation is 1. The average molecular weight is 336 g/mol. The van der Waals surface area contributed by atoms with Crippen LogP contribution in [0.4, 0.5) is 0 Å². The molecule has 0 amide bonds. The molecule has 1 aromatic heterocycles. The van der Waals surface area contributed by atoms with Crippen molar-refractivity contribution in [3.63, 3.8) is 0 Å². The largest absolute Gasteiger partial charge is 0.460 e. The smallest absolute Gasteiger partial charge is 0.142 e. The van der Waals surface area contributed by atoms with Crippen molar-refractivity contribution in [2.24, 2.45) is 0 Å². The van der Waals surface area contributed by atoms with E-state index in [1.807, 2.05) is 19.1 Å². The Labute approximate surface area is 153 Å². The number of allylic oxidation sites excluding steroid dienone is 2. The summed E-state index contributed by atoms with van der Waals surface area (Å²) in [6.45, 7) is 5.76. The van der Waals surface area contributed by atoms with Crippen LogP contribution >= 0.6 is 0 Å². The minimum Gasteiger partial charge on any atom is -0.460 e. The molecule has 0 radical (unpaired) electrons. The predicted octanol–water partition coefficient (Wildman–Crippen LogP) is 7.27. The molecule has 0 aliphatic rings. The number of hydrogen-bond donors (Lipinski definition) is 0. The molecular weight excluding hydrogens is 316 g/mol. The van der Waals surface area contributed by atoms with E-state index in [0.29, 0.717) is 0 Å². The van der Waals surface area contributed by atoms with Gasteiger partial charge in [-0.1, -0.05) is 91.5 Å². The average Bonchev–Trinajstić information content (AvgIpc) is 3.02. The summed E-state index contributed by atoms with van der Waals surface area (Å²) in [5, 5.41) is 1.13. The van der Waals surface area contributed by atoms with E-state index in [-0.39, 0.29) is 0 Å². The molecule has 0 bridgehead atoms. The van der Waals surface area contributed by atoms with E-state index < -0.39 is 0 Å². The van der Waals surface area contributed by atoms with E-state index in [1.54, 1.807) is 6.08 Å². The summed E-state index contributed by atoms with van der Waals surface area (Å²) in [5.41, 5.74) is 6.73. The van der Waals surface area contributed by atoms with Crippen LogP contribution in [0.3, 0.4) is 0 Å². The summed E-state index contributed by atoms with van der Waals surface area (Å²) in [4.78, 5) is 0. The Kier molecular flexibility index (Phi) is 4.28. The third kappa shape index (κ3) is 2.89. The van der Waals surface area contributed by atoms with Gasteiger partial charge in [-0.25, -0.2) is 0 Å². The Hall–Kier alpha value is -3.32. The fourth-order valence-electron chi connectivity index (χ4n) is 3.35.